The Bertz CT molecular complexity index is 809. The summed E-state index contributed by atoms with van der Waals surface area (Å²) in [5.41, 5.74) is -0.295. The molecule has 2 heterocycles. The van der Waals surface area contributed by atoms with Crippen LogP contribution in [0.25, 0.3) is 0 Å². The summed E-state index contributed by atoms with van der Waals surface area (Å²) >= 11 is 0. The molecule has 3 N–H and O–H groups in total. The molecule has 1 fully saturated rings. The fraction of sp³-hybridized carbons (Fsp3) is 0.600. The summed E-state index contributed by atoms with van der Waals surface area (Å²) in [5.74, 6) is 0. The second kappa shape index (κ2) is 15.0. The molecule has 2 rings (SSSR count). The van der Waals surface area contributed by atoms with Crippen LogP contribution >= 0.6 is 15.6 Å². The van der Waals surface area contributed by atoms with Crippen LogP contribution in [0.4, 0.5) is 0 Å². The zero-order valence-electron chi connectivity index (χ0n) is 16.0. The molecule has 1 saturated heterocycles. The summed E-state index contributed by atoms with van der Waals surface area (Å²) in [5, 5.41) is 29.3. The van der Waals surface area contributed by atoms with Gasteiger partial charge in [0.25, 0.3) is 0 Å². The first-order chi connectivity index (χ1) is 11.9. The van der Waals surface area contributed by atoms with Crippen LogP contribution in [0.2, 0.25) is 0 Å². The van der Waals surface area contributed by atoms with Gasteiger partial charge in [-0.15, -0.1) is 0 Å². The zero-order valence-corrected chi connectivity index (χ0v) is 27.2. The van der Waals surface area contributed by atoms with Crippen molar-refractivity contribution in [2.75, 3.05) is 13.7 Å². The second-order valence-corrected chi connectivity index (χ2v) is 7.79. The maximum Gasteiger partial charge on any atom is 1.00 e. The summed E-state index contributed by atoms with van der Waals surface area (Å²) < 4.78 is 40.8. The van der Waals surface area contributed by atoms with E-state index in [1.54, 1.807) is 0 Å². The molecule has 1 aliphatic heterocycles. The predicted octanol–water partition coefficient (Wildman–Crippen LogP) is -12.3. The van der Waals surface area contributed by atoms with E-state index in [2.05, 4.69) is 13.8 Å². The Morgan fingerprint density at radius 1 is 1.34 bits per heavy atom. The quantitative estimate of drug-likeness (QED) is 0.220. The molecule has 0 aliphatic carbocycles. The van der Waals surface area contributed by atoms with Gasteiger partial charge in [-0.1, -0.05) is 0 Å². The number of aromatic nitrogens is 2. The number of phosphoric ester groups is 1. The van der Waals surface area contributed by atoms with Crippen LogP contribution in [0.3, 0.4) is 0 Å². The molecule has 0 amide bonds. The van der Waals surface area contributed by atoms with Gasteiger partial charge in [-0.3, -0.25) is 14.2 Å². The molecule has 1 aliphatic rings. The molecular formula is C10H14K3N3O11P2. The molecule has 0 saturated carbocycles. The minimum absolute atomic E-state index is 0. The van der Waals surface area contributed by atoms with Crippen molar-refractivity contribution in [3.8, 4) is 6.01 Å². The van der Waals surface area contributed by atoms with Crippen molar-refractivity contribution in [1.29, 1.82) is 5.41 Å². The van der Waals surface area contributed by atoms with E-state index in [4.69, 9.17) is 19.8 Å². The van der Waals surface area contributed by atoms with Gasteiger partial charge in [0.1, 0.15) is 23.8 Å². The smallest absolute Gasteiger partial charge is 0.846 e. The third-order valence-electron chi connectivity index (χ3n) is 3.29. The van der Waals surface area contributed by atoms with E-state index in [9.17, 15) is 29.1 Å². The summed E-state index contributed by atoms with van der Waals surface area (Å²) in [6, 6.07) is 0.317. The number of nitrogens with one attached hydrogen (secondary N) is 1. The fourth-order valence-electron chi connectivity index (χ4n) is 2.26. The van der Waals surface area contributed by atoms with Crippen LogP contribution in [-0.2, 0) is 27.4 Å². The summed E-state index contributed by atoms with van der Waals surface area (Å²) in [4.78, 5) is 33.3. The molecule has 5 atom stereocenters. The Morgan fingerprint density at radius 3 is 2.41 bits per heavy atom. The maximum absolute atomic E-state index is 11.9. The molecule has 14 nitrogen and oxygen atoms in total. The van der Waals surface area contributed by atoms with Gasteiger partial charge >= 0.3 is 162 Å². The number of ether oxygens (including phenoxy) is 2. The molecular weight excluding hydrogens is 517 g/mol. The largest absolute Gasteiger partial charge is 1.00 e. The molecule has 148 valence electrons. The zero-order chi connectivity index (χ0) is 19.7. The van der Waals surface area contributed by atoms with Crippen LogP contribution in [0.5, 0.6) is 6.01 Å². The number of phosphoric acid groups is 2. The third-order valence-corrected chi connectivity index (χ3v) is 5.40. The first kappa shape index (κ1) is 34.9. The van der Waals surface area contributed by atoms with Gasteiger partial charge in [0.2, 0.25) is 0 Å². The van der Waals surface area contributed by atoms with Gasteiger partial charge < -0.3 is 43.5 Å². The van der Waals surface area contributed by atoms with Crippen LogP contribution in [0.15, 0.2) is 12.3 Å². The SMILES string of the molecule is CO[C@@H]1[C@H](O)[C@@H](COP(=O)(O)OP(=O)([O-])[O-])O[C@H]1n1ccc(=N)nc1[O-].[K+].[K+].[K+]. The monoisotopic (exact) mass is 531 g/mol. The average molecular weight is 531 g/mol. The Balaban J connectivity index is 0. The van der Waals surface area contributed by atoms with Crippen molar-refractivity contribution in [2.45, 2.75) is 24.5 Å². The standard InChI is InChI=1S/C10H17N3O11P2.3K/c1-21-8-7(14)5(4-22-26(19,20)24-25(16,17)18)23-9(8)13-3-2-6(11)12-10(13)15;;;/h2-3,5,7-9,14H,4H2,1H3,(H,19,20)(H2,11,12,15)(H2,16,17,18);;;/q;3*+1/p-3/t5-,7-,8-,9-;;;/m1.../s1. The van der Waals surface area contributed by atoms with Gasteiger partial charge in [0.05, 0.1) is 20.4 Å². The molecule has 0 bridgehead atoms. The van der Waals surface area contributed by atoms with Crippen LogP contribution in [-0.4, -0.2) is 51.6 Å². The Kier molecular flexibility index (Phi) is 18.0. The van der Waals surface area contributed by atoms with Crippen molar-refractivity contribution in [1.82, 2.24) is 9.55 Å². The van der Waals surface area contributed by atoms with Gasteiger partial charge in [0, 0.05) is 13.3 Å². The van der Waals surface area contributed by atoms with Gasteiger partial charge in [-0.05, 0) is 6.07 Å². The second-order valence-electron chi connectivity index (χ2n) is 5.05. The third kappa shape index (κ3) is 10.9. The van der Waals surface area contributed by atoms with Crippen molar-refractivity contribution >= 4 is 15.6 Å². The minimum Gasteiger partial charge on any atom is -0.846 e. The fourth-order valence-corrected chi connectivity index (χ4v) is 3.79. The number of methoxy groups -OCH3 is 1. The van der Waals surface area contributed by atoms with E-state index in [0.717, 1.165) is 4.57 Å². The first-order valence-corrected chi connectivity index (χ1v) is 9.77. The summed E-state index contributed by atoms with van der Waals surface area (Å²) in [7, 11) is -9.84. The average Bonchev–Trinajstić information content (AvgIpc) is 2.79. The number of aliphatic hydroxyl groups excluding tert-OH is 1. The van der Waals surface area contributed by atoms with E-state index in [-0.39, 0.29) is 160 Å². The number of aliphatic hydroxyl groups is 1. The molecule has 0 aromatic carbocycles. The maximum atomic E-state index is 11.9. The van der Waals surface area contributed by atoms with E-state index in [1.165, 1.54) is 19.4 Å². The summed E-state index contributed by atoms with van der Waals surface area (Å²) in [6.45, 7) is -0.857. The molecule has 19 heteroatoms. The van der Waals surface area contributed by atoms with E-state index >= 15 is 0 Å². The predicted molar refractivity (Wildman–Crippen MR) is 72.7 cm³/mol. The molecule has 1 aromatic rings. The molecule has 29 heavy (non-hydrogen) atoms. The topological polar surface area (TPSA) is 222 Å². The van der Waals surface area contributed by atoms with Gasteiger partial charge in [0.15, 0.2) is 6.23 Å². The van der Waals surface area contributed by atoms with Crippen LogP contribution in [0.1, 0.15) is 6.23 Å². The number of nitrogens with zero attached hydrogens (tertiary/aromatic N) is 2. The van der Waals surface area contributed by atoms with Crippen molar-refractivity contribution < 1.29 is 206 Å². The van der Waals surface area contributed by atoms with Crippen molar-refractivity contribution in [3.63, 3.8) is 0 Å². The van der Waals surface area contributed by atoms with Crippen LogP contribution in [0, 0.1) is 5.41 Å². The van der Waals surface area contributed by atoms with E-state index in [0.29, 0.717) is 0 Å². The number of hydrogen-bond donors (Lipinski definition) is 3. The number of rotatable bonds is 7. The Labute approximate surface area is 292 Å². The Morgan fingerprint density at radius 2 is 1.93 bits per heavy atom. The normalized spacial score (nSPS) is 25.8. The van der Waals surface area contributed by atoms with Crippen molar-refractivity contribution in [2.24, 2.45) is 0 Å². The minimum atomic E-state index is -5.79. The van der Waals surface area contributed by atoms with E-state index < -0.39 is 52.8 Å². The molecule has 1 unspecified atom stereocenters. The molecule has 1 aromatic heterocycles. The van der Waals surface area contributed by atoms with E-state index in [1.807, 2.05) is 0 Å². The van der Waals surface area contributed by atoms with Crippen molar-refractivity contribution in [3.05, 3.63) is 17.8 Å². The van der Waals surface area contributed by atoms with Gasteiger partial charge in [-0.25, -0.2) is 9.55 Å². The number of hydrogen-bond acceptors (Lipinski definition) is 12. The molecule has 0 radical (unpaired) electrons. The molecule has 0 spiro atoms. The summed E-state index contributed by atoms with van der Waals surface area (Å²) in [6.07, 6.45) is -3.96. The Hall–Kier alpha value is 3.73. The van der Waals surface area contributed by atoms with Crippen LogP contribution < -0.4 is 175 Å². The first-order valence-electron chi connectivity index (χ1n) is 6.81. The van der Waals surface area contributed by atoms with Gasteiger partial charge in [-0.2, -0.15) is 0 Å².